The summed E-state index contributed by atoms with van der Waals surface area (Å²) in [7, 11) is 0. The molecule has 7 aromatic rings. The zero-order valence-electron chi connectivity index (χ0n) is 32.8. The van der Waals surface area contributed by atoms with Crippen LogP contribution in [0.3, 0.4) is 0 Å². The van der Waals surface area contributed by atoms with E-state index in [4.69, 9.17) is 9.98 Å². The van der Waals surface area contributed by atoms with Gasteiger partial charge in [-0.05, 0) is 114 Å². The number of amidine groups is 1. The monoisotopic (exact) mass is 748 g/mol. The molecule has 0 fully saturated rings. The van der Waals surface area contributed by atoms with Crippen LogP contribution in [0.15, 0.2) is 180 Å². The third-order valence-corrected chi connectivity index (χ3v) is 12.7. The van der Waals surface area contributed by atoms with Gasteiger partial charge in [0.1, 0.15) is 0 Å². The van der Waals surface area contributed by atoms with Crippen LogP contribution in [0.1, 0.15) is 70.3 Å². The van der Waals surface area contributed by atoms with Crippen molar-refractivity contribution in [1.29, 1.82) is 0 Å². The number of nitrogens with zero attached hydrogens (tertiary/aromatic N) is 4. The van der Waals surface area contributed by atoms with Crippen LogP contribution < -0.4 is 4.90 Å². The molecule has 2 unspecified atom stereocenters. The van der Waals surface area contributed by atoms with E-state index in [1.54, 1.807) is 0 Å². The Morgan fingerprint density at radius 1 is 0.621 bits per heavy atom. The molecule has 11 rings (SSSR count). The van der Waals surface area contributed by atoms with E-state index in [-0.39, 0.29) is 12.0 Å². The van der Waals surface area contributed by atoms with Crippen LogP contribution in [-0.4, -0.2) is 22.2 Å². The van der Waals surface area contributed by atoms with Gasteiger partial charge in [0.05, 0.1) is 28.6 Å². The van der Waals surface area contributed by atoms with Crippen molar-refractivity contribution in [3.05, 3.63) is 215 Å². The third-order valence-electron chi connectivity index (χ3n) is 12.7. The number of hydrogen-bond acceptors (Lipinski definition) is 2. The van der Waals surface area contributed by atoms with Gasteiger partial charge >= 0.3 is 0 Å². The summed E-state index contributed by atoms with van der Waals surface area (Å²) in [5, 5.41) is 1.37. The average molecular weight is 749 g/mol. The van der Waals surface area contributed by atoms with E-state index < -0.39 is 0 Å². The third kappa shape index (κ3) is 5.66. The number of aromatic nitrogens is 1. The van der Waals surface area contributed by atoms with Crippen LogP contribution in [0.4, 0.5) is 11.4 Å². The minimum absolute atomic E-state index is 0.163. The molecule has 1 aliphatic heterocycles. The number of aryl methyl sites for hydroxylation is 1. The Balaban J connectivity index is 1.11. The van der Waals surface area contributed by atoms with Crippen LogP contribution in [-0.2, 0) is 19.3 Å². The molecule has 4 nitrogen and oxygen atoms in total. The molecule has 58 heavy (non-hydrogen) atoms. The van der Waals surface area contributed by atoms with Crippen LogP contribution in [0.5, 0.6) is 0 Å². The smallest absolute Gasteiger partial charge is 0.160 e. The molecule has 2 heterocycles. The fraction of sp³-hybridized carbons (Fsp3) is 0.148. The SMILES string of the molecule is C=C(N=C(N=C(C)c1ccc(N2c3cc4c(cc3C3C=CC=CC32)-c2ccccc2C4)c(-n2c3c(c4ccccc42)CCCC3)c1)c1ccccc1)c1ccccc1. The lowest BCUT2D eigenvalue weighted by Gasteiger charge is -2.32. The minimum Gasteiger partial charge on any atom is -0.332 e. The molecule has 0 N–H and O–H groups in total. The minimum atomic E-state index is 0.163. The van der Waals surface area contributed by atoms with Crippen LogP contribution in [0.25, 0.3) is 33.4 Å². The summed E-state index contributed by atoms with van der Waals surface area (Å²) in [5.41, 5.74) is 19.5. The maximum atomic E-state index is 5.31. The zero-order valence-corrected chi connectivity index (χ0v) is 32.8. The maximum absolute atomic E-state index is 5.31. The normalized spacial score (nSPS) is 17.8. The number of para-hydroxylation sites is 1. The van der Waals surface area contributed by atoms with Crippen LogP contribution in [0.2, 0.25) is 0 Å². The molecule has 280 valence electrons. The molecule has 0 bridgehead atoms. The predicted octanol–water partition coefficient (Wildman–Crippen LogP) is 12.7. The highest BCUT2D eigenvalue weighted by atomic mass is 15.2. The van der Waals surface area contributed by atoms with Gasteiger partial charge in [-0.2, -0.15) is 0 Å². The number of benzene rings is 6. The Kier molecular flexibility index (Phi) is 8.32. The van der Waals surface area contributed by atoms with E-state index in [1.807, 2.05) is 48.5 Å². The number of fused-ring (bicyclic) bond motifs is 9. The summed E-state index contributed by atoms with van der Waals surface area (Å²) >= 11 is 0. The molecule has 4 heteroatoms. The van der Waals surface area contributed by atoms with Gasteiger partial charge in [-0.25, -0.2) is 9.98 Å². The summed E-state index contributed by atoms with van der Waals surface area (Å²) in [6, 6.07) is 50.5. The van der Waals surface area contributed by atoms with Gasteiger partial charge in [-0.15, -0.1) is 0 Å². The summed E-state index contributed by atoms with van der Waals surface area (Å²) < 4.78 is 2.60. The van der Waals surface area contributed by atoms with Crippen molar-refractivity contribution in [2.24, 2.45) is 9.98 Å². The number of anilines is 2. The number of rotatable bonds is 6. The van der Waals surface area contributed by atoms with Gasteiger partial charge in [0.25, 0.3) is 0 Å². The van der Waals surface area contributed by atoms with Crippen molar-refractivity contribution in [2.75, 3.05) is 4.90 Å². The maximum Gasteiger partial charge on any atom is 0.160 e. The van der Waals surface area contributed by atoms with Crippen molar-refractivity contribution < 1.29 is 0 Å². The molecule has 0 amide bonds. The van der Waals surface area contributed by atoms with Gasteiger partial charge < -0.3 is 9.47 Å². The second-order valence-electron chi connectivity index (χ2n) is 16.1. The van der Waals surface area contributed by atoms with Crippen molar-refractivity contribution in [3.63, 3.8) is 0 Å². The van der Waals surface area contributed by atoms with Gasteiger partial charge in [0, 0.05) is 34.0 Å². The fourth-order valence-corrected chi connectivity index (χ4v) is 9.93. The zero-order chi connectivity index (χ0) is 38.7. The lowest BCUT2D eigenvalue weighted by Crippen LogP contribution is -2.29. The predicted molar refractivity (Wildman–Crippen MR) is 242 cm³/mol. The average Bonchev–Trinajstić information content (AvgIpc) is 3.93. The Hall–Kier alpha value is -6.78. The van der Waals surface area contributed by atoms with Crippen LogP contribution >= 0.6 is 0 Å². The lowest BCUT2D eigenvalue weighted by atomic mass is 9.89. The summed E-state index contributed by atoms with van der Waals surface area (Å²) in [6.07, 6.45) is 14.8. The Morgan fingerprint density at radius 2 is 1.36 bits per heavy atom. The van der Waals surface area contributed by atoms with E-state index in [1.165, 1.54) is 79.9 Å². The van der Waals surface area contributed by atoms with E-state index >= 15 is 0 Å². The second kappa shape index (κ2) is 14.0. The molecule has 0 saturated carbocycles. The lowest BCUT2D eigenvalue weighted by molar-refractivity contribution is 0.666. The Morgan fingerprint density at radius 3 is 2.22 bits per heavy atom. The highest BCUT2D eigenvalue weighted by Crippen LogP contribution is 2.53. The topological polar surface area (TPSA) is 32.9 Å². The first kappa shape index (κ1) is 34.5. The number of hydrogen-bond donors (Lipinski definition) is 0. The molecule has 1 aromatic heterocycles. The van der Waals surface area contributed by atoms with Crippen molar-refractivity contribution in [3.8, 4) is 16.8 Å². The standard InChI is InChI=1S/C54H44N4/c1-35(37-17-5-3-6-18-37)55-54(38-19-7-4-8-20-38)56-36(2)39-29-30-51(53(32-39)57-48-26-14-11-23-43(48)44-24-12-15-27-49(44)57)58-50-28-16-13-25-45(50)47-34-46-41(33-52(47)58)31-40-21-9-10-22-42(40)46/h3-11,13-14,16-23,25-26,28-30,32-34,45,50H,1,12,15,24,27,31H2,2H3. The van der Waals surface area contributed by atoms with Gasteiger partial charge in [0.15, 0.2) is 5.84 Å². The molecule has 2 atom stereocenters. The Labute approximate surface area is 340 Å². The summed E-state index contributed by atoms with van der Waals surface area (Å²) in [6.45, 7) is 6.47. The van der Waals surface area contributed by atoms with E-state index in [0.717, 1.165) is 41.7 Å². The summed E-state index contributed by atoms with van der Waals surface area (Å²) in [4.78, 5) is 13.0. The molecular formula is C54H44N4. The van der Waals surface area contributed by atoms with Gasteiger partial charge in [-0.1, -0.05) is 140 Å². The van der Waals surface area contributed by atoms with E-state index in [2.05, 4.69) is 138 Å². The molecule has 0 spiro atoms. The van der Waals surface area contributed by atoms with Crippen molar-refractivity contribution in [1.82, 2.24) is 4.57 Å². The molecule has 0 radical (unpaired) electrons. The molecule has 3 aliphatic carbocycles. The fourth-order valence-electron chi connectivity index (χ4n) is 9.93. The second-order valence-corrected chi connectivity index (χ2v) is 16.1. The highest BCUT2D eigenvalue weighted by molar-refractivity contribution is 6.13. The first-order valence-electron chi connectivity index (χ1n) is 20.7. The molecule has 6 aromatic carbocycles. The van der Waals surface area contributed by atoms with Gasteiger partial charge in [0.2, 0.25) is 0 Å². The van der Waals surface area contributed by atoms with Crippen molar-refractivity contribution >= 4 is 39.5 Å². The van der Waals surface area contributed by atoms with E-state index in [9.17, 15) is 0 Å². The largest absolute Gasteiger partial charge is 0.332 e. The molecule has 4 aliphatic rings. The van der Waals surface area contributed by atoms with Crippen molar-refractivity contribution in [2.45, 2.75) is 51.0 Å². The van der Waals surface area contributed by atoms with Gasteiger partial charge in [-0.3, -0.25) is 0 Å². The summed E-state index contributed by atoms with van der Waals surface area (Å²) in [5.74, 6) is 0.901. The first-order valence-corrected chi connectivity index (χ1v) is 20.7. The Bertz CT molecular complexity index is 2900. The van der Waals surface area contributed by atoms with Crippen LogP contribution in [0, 0.1) is 0 Å². The van der Waals surface area contributed by atoms with E-state index in [0.29, 0.717) is 11.5 Å². The quantitative estimate of drug-likeness (QED) is 0.123. The number of aliphatic imine (C=N–C) groups is 2. The first-order chi connectivity index (χ1) is 28.6. The molecular weight excluding hydrogens is 705 g/mol. The highest BCUT2D eigenvalue weighted by Gasteiger charge is 2.40. The number of allylic oxidation sites excluding steroid dienone is 2. The molecule has 0 saturated heterocycles.